The van der Waals surface area contributed by atoms with Crippen LogP contribution in [0.5, 0.6) is 0 Å². The topological polar surface area (TPSA) is 42.0 Å². The van der Waals surface area contributed by atoms with Gasteiger partial charge in [-0.15, -0.1) is 12.3 Å². The molecule has 0 aliphatic rings. The number of rotatable bonds is 4. The van der Waals surface area contributed by atoms with Crippen LogP contribution in [0.1, 0.15) is 23.3 Å². The number of benzene rings is 1. The number of amides is 1. The molecule has 0 radical (unpaired) electrons. The van der Waals surface area contributed by atoms with Crippen molar-refractivity contribution in [2.45, 2.75) is 12.8 Å². The summed E-state index contributed by atoms with van der Waals surface area (Å²) < 4.78 is 0. The quantitative estimate of drug-likeness (QED) is 0.656. The highest BCUT2D eigenvalue weighted by Crippen LogP contribution is 2.15. The molecule has 1 aromatic carbocycles. The number of unbranched alkanes of at least 4 members (excludes halogenated alkanes) is 1. The fourth-order valence-corrected chi connectivity index (χ4v) is 1.78. The Bertz CT molecular complexity index is 593. The third-order valence-electron chi connectivity index (χ3n) is 2.67. The van der Waals surface area contributed by atoms with E-state index in [0.717, 1.165) is 17.2 Å². The van der Waals surface area contributed by atoms with Crippen LogP contribution in [-0.4, -0.2) is 17.4 Å². The minimum Gasteiger partial charge on any atom is -0.351 e. The highest BCUT2D eigenvalue weighted by atomic mass is 16.1. The molecule has 1 N–H and O–H groups in total. The van der Waals surface area contributed by atoms with E-state index >= 15 is 0 Å². The molecule has 1 amide bonds. The molecule has 18 heavy (non-hydrogen) atoms. The van der Waals surface area contributed by atoms with E-state index in [0.29, 0.717) is 18.7 Å². The number of terminal acetylenes is 1. The van der Waals surface area contributed by atoms with Crippen molar-refractivity contribution in [2.75, 3.05) is 6.54 Å². The van der Waals surface area contributed by atoms with Gasteiger partial charge in [-0.3, -0.25) is 9.78 Å². The predicted octanol–water partition coefficient (Wildman–Crippen LogP) is 2.38. The Morgan fingerprint density at radius 3 is 3.00 bits per heavy atom. The Labute approximate surface area is 106 Å². The van der Waals surface area contributed by atoms with Crippen molar-refractivity contribution in [3.63, 3.8) is 0 Å². The molecule has 3 nitrogen and oxygen atoms in total. The van der Waals surface area contributed by atoms with Crippen molar-refractivity contribution in [2.24, 2.45) is 0 Å². The molecule has 0 atom stereocenters. The maximum atomic E-state index is 12.0. The van der Waals surface area contributed by atoms with Crippen LogP contribution in [0.4, 0.5) is 0 Å². The summed E-state index contributed by atoms with van der Waals surface area (Å²) in [7, 11) is 0. The number of nitrogens with one attached hydrogen (secondary N) is 1. The fraction of sp³-hybridized carbons (Fsp3) is 0.200. The average Bonchev–Trinajstić information content (AvgIpc) is 2.43. The predicted molar refractivity (Wildman–Crippen MR) is 72.1 cm³/mol. The molecule has 0 aliphatic carbocycles. The summed E-state index contributed by atoms with van der Waals surface area (Å²) in [4.78, 5) is 16.1. The number of hydrogen-bond acceptors (Lipinski definition) is 2. The number of fused-ring (bicyclic) bond motifs is 1. The van der Waals surface area contributed by atoms with Gasteiger partial charge in [-0.25, -0.2) is 0 Å². The van der Waals surface area contributed by atoms with Crippen LogP contribution in [-0.2, 0) is 0 Å². The van der Waals surface area contributed by atoms with Crippen LogP contribution >= 0.6 is 0 Å². The number of pyridine rings is 1. The zero-order valence-corrected chi connectivity index (χ0v) is 10.0. The lowest BCUT2D eigenvalue weighted by Crippen LogP contribution is -2.25. The fourth-order valence-electron chi connectivity index (χ4n) is 1.78. The minimum absolute atomic E-state index is 0.149. The smallest absolute Gasteiger partial charge is 0.270 e. The molecule has 0 unspecified atom stereocenters. The van der Waals surface area contributed by atoms with Crippen LogP contribution in [0.3, 0.4) is 0 Å². The lowest BCUT2D eigenvalue weighted by Gasteiger charge is -2.06. The summed E-state index contributed by atoms with van der Waals surface area (Å²) in [6, 6.07) is 9.60. The van der Waals surface area contributed by atoms with Crippen LogP contribution in [0.2, 0.25) is 0 Å². The molecule has 0 bridgehead atoms. The first-order chi connectivity index (χ1) is 8.83. The van der Waals surface area contributed by atoms with Crippen molar-refractivity contribution in [1.29, 1.82) is 0 Å². The van der Waals surface area contributed by atoms with Gasteiger partial charge >= 0.3 is 0 Å². The van der Waals surface area contributed by atoms with Crippen LogP contribution in [0, 0.1) is 12.3 Å². The van der Waals surface area contributed by atoms with Crippen LogP contribution in [0.25, 0.3) is 10.8 Å². The van der Waals surface area contributed by atoms with Crippen LogP contribution in [0.15, 0.2) is 36.5 Å². The lowest BCUT2D eigenvalue weighted by atomic mass is 10.1. The van der Waals surface area contributed by atoms with E-state index in [2.05, 4.69) is 16.2 Å². The summed E-state index contributed by atoms with van der Waals surface area (Å²) in [5.41, 5.74) is 0.466. The molecule has 1 heterocycles. The highest BCUT2D eigenvalue weighted by molar-refractivity contribution is 6.05. The Hall–Kier alpha value is -2.34. The Balaban J connectivity index is 2.15. The number of aromatic nitrogens is 1. The van der Waals surface area contributed by atoms with Gasteiger partial charge in [0.1, 0.15) is 5.69 Å². The zero-order valence-electron chi connectivity index (χ0n) is 10.0. The van der Waals surface area contributed by atoms with Gasteiger partial charge in [0.05, 0.1) is 0 Å². The number of hydrogen-bond donors (Lipinski definition) is 1. The summed E-state index contributed by atoms with van der Waals surface area (Å²) in [6.07, 6.45) is 8.26. The molecule has 2 rings (SSSR count). The first kappa shape index (κ1) is 12.1. The zero-order chi connectivity index (χ0) is 12.8. The van der Waals surface area contributed by atoms with Crippen molar-refractivity contribution < 1.29 is 4.79 Å². The first-order valence-electron chi connectivity index (χ1n) is 5.88. The standard InChI is InChI=1S/C15H14N2O/c1-2-3-6-10-17-15(18)14-13-8-5-4-7-12(13)9-11-16-14/h1,4-5,7-9,11H,3,6,10H2,(H,17,18). The number of carbonyl (C=O) groups is 1. The molecular weight excluding hydrogens is 224 g/mol. The normalized spacial score (nSPS) is 9.94. The van der Waals surface area contributed by atoms with E-state index in [9.17, 15) is 4.79 Å². The Morgan fingerprint density at radius 1 is 1.33 bits per heavy atom. The monoisotopic (exact) mass is 238 g/mol. The van der Waals surface area contributed by atoms with Gasteiger partial charge in [0.15, 0.2) is 0 Å². The van der Waals surface area contributed by atoms with Crippen molar-refractivity contribution in [3.05, 3.63) is 42.2 Å². The second kappa shape index (κ2) is 5.83. The molecule has 2 aromatic rings. The third kappa shape index (κ3) is 2.67. The van der Waals surface area contributed by atoms with Gasteiger partial charge < -0.3 is 5.32 Å². The van der Waals surface area contributed by atoms with Crippen molar-refractivity contribution in [1.82, 2.24) is 10.3 Å². The van der Waals surface area contributed by atoms with E-state index in [-0.39, 0.29) is 5.91 Å². The lowest BCUT2D eigenvalue weighted by molar-refractivity contribution is 0.0950. The van der Waals surface area contributed by atoms with Gasteiger partial charge in [0, 0.05) is 24.5 Å². The molecular formula is C15H14N2O. The summed E-state index contributed by atoms with van der Waals surface area (Å²) in [5, 5.41) is 4.71. The van der Waals surface area contributed by atoms with E-state index in [1.54, 1.807) is 6.20 Å². The van der Waals surface area contributed by atoms with E-state index in [1.165, 1.54) is 0 Å². The second-order valence-corrected chi connectivity index (χ2v) is 3.94. The SMILES string of the molecule is C#CCCCNC(=O)c1nccc2ccccc12. The molecule has 90 valence electrons. The average molecular weight is 238 g/mol. The third-order valence-corrected chi connectivity index (χ3v) is 2.67. The van der Waals surface area contributed by atoms with Gasteiger partial charge in [-0.1, -0.05) is 24.3 Å². The molecule has 3 heteroatoms. The minimum atomic E-state index is -0.149. The highest BCUT2D eigenvalue weighted by Gasteiger charge is 2.10. The molecule has 0 spiro atoms. The Morgan fingerprint density at radius 2 is 2.17 bits per heavy atom. The number of carbonyl (C=O) groups excluding carboxylic acids is 1. The van der Waals surface area contributed by atoms with Gasteiger partial charge in [-0.2, -0.15) is 0 Å². The van der Waals surface area contributed by atoms with Crippen molar-refractivity contribution in [3.8, 4) is 12.3 Å². The first-order valence-corrected chi connectivity index (χ1v) is 5.88. The maximum absolute atomic E-state index is 12.0. The maximum Gasteiger partial charge on any atom is 0.270 e. The summed E-state index contributed by atoms with van der Waals surface area (Å²) >= 11 is 0. The van der Waals surface area contributed by atoms with E-state index in [1.807, 2.05) is 30.3 Å². The second-order valence-electron chi connectivity index (χ2n) is 3.94. The van der Waals surface area contributed by atoms with Gasteiger partial charge in [0.25, 0.3) is 5.91 Å². The van der Waals surface area contributed by atoms with E-state index < -0.39 is 0 Å². The molecule has 0 saturated heterocycles. The molecule has 0 aliphatic heterocycles. The molecule has 0 fully saturated rings. The van der Waals surface area contributed by atoms with Gasteiger partial charge in [0.2, 0.25) is 0 Å². The summed E-state index contributed by atoms with van der Waals surface area (Å²) in [5.74, 6) is 2.39. The number of nitrogens with zero attached hydrogens (tertiary/aromatic N) is 1. The largest absolute Gasteiger partial charge is 0.351 e. The Kier molecular flexibility index (Phi) is 3.93. The van der Waals surface area contributed by atoms with Crippen molar-refractivity contribution >= 4 is 16.7 Å². The van der Waals surface area contributed by atoms with E-state index in [4.69, 9.17) is 6.42 Å². The molecule has 1 aromatic heterocycles. The van der Waals surface area contributed by atoms with Gasteiger partial charge in [-0.05, 0) is 17.9 Å². The van der Waals surface area contributed by atoms with Crippen LogP contribution < -0.4 is 5.32 Å². The molecule has 0 saturated carbocycles. The summed E-state index contributed by atoms with van der Waals surface area (Å²) in [6.45, 7) is 0.577.